The van der Waals surface area contributed by atoms with E-state index >= 15 is 0 Å². The largest absolute Gasteiger partial charge is 0.394 e. The number of hydrogen-bond acceptors (Lipinski definition) is 7. The normalized spacial score (nSPS) is 16.1. The maximum atomic E-state index is 12.5. The number of nitrogen functional groups attached to an aromatic ring is 1. The molecule has 2 rings (SSSR count). The zero-order valence-corrected chi connectivity index (χ0v) is 13.5. The molecule has 1 aliphatic rings. The summed E-state index contributed by atoms with van der Waals surface area (Å²) in [5.41, 5.74) is 5.28. The van der Waals surface area contributed by atoms with Crippen molar-refractivity contribution in [2.75, 3.05) is 50.5 Å². The van der Waals surface area contributed by atoms with Crippen LogP contribution in [0, 0.1) is 0 Å². The lowest BCUT2D eigenvalue weighted by atomic mass is 10.1. The zero-order valence-electron chi connectivity index (χ0n) is 12.7. The number of aromatic nitrogens is 1. The number of piperazine rings is 1. The summed E-state index contributed by atoms with van der Waals surface area (Å²) >= 11 is 1.32. The molecule has 8 heteroatoms. The van der Waals surface area contributed by atoms with E-state index in [4.69, 9.17) is 5.73 Å². The lowest BCUT2D eigenvalue weighted by molar-refractivity contribution is 0.0478. The molecule has 1 aliphatic heterocycles. The molecular weight excluding hydrogens is 290 g/mol. The maximum absolute atomic E-state index is 12.5. The number of aliphatic hydroxyl groups excluding tert-OH is 1. The molecule has 0 spiro atoms. The van der Waals surface area contributed by atoms with Crippen LogP contribution in [-0.4, -0.2) is 66.3 Å². The fourth-order valence-corrected chi connectivity index (χ4v) is 3.01. The Kier molecular flexibility index (Phi) is 4.70. The van der Waals surface area contributed by atoms with Crippen LogP contribution in [0.3, 0.4) is 0 Å². The van der Waals surface area contributed by atoms with Gasteiger partial charge in [-0.05, 0) is 13.8 Å². The molecule has 1 aromatic heterocycles. The van der Waals surface area contributed by atoms with E-state index in [0.717, 1.165) is 31.3 Å². The molecule has 0 bridgehead atoms. The van der Waals surface area contributed by atoms with Crippen molar-refractivity contribution in [1.29, 1.82) is 0 Å². The number of anilines is 2. The van der Waals surface area contributed by atoms with Gasteiger partial charge in [0, 0.05) is 33.2 Å². The summed E-state index contributed by atoms with van der Waals surface area (Å²) in [5, 5.41) is 13.4. The van der Waals surface area contributed by atoms with E-state index in [1.54, 1.807) is 20.9 Å². The maximum Gasteiger partial charge on any atom is 0.268 e. The Morgan fingerprint density at radius 3 is 2.71 bits per heavy atom. The van der Waals surface area contributed by atoms with Crippen LogP contribution in [0.5, 0.6) is 0 Å². The average molecular weight is 313 g/mol. The smallest absolute Gasteiger partial charge is 0.268 e. The number of carbonyl (C=O) groups excluding carboxylic acids is 1. The van der Waals surface area contributed by atoms with Crippen molar-refractivity contribution in [2.45, 2.75) is 19.4 Å². The fraction of sp³-hybridized carbons (Fsp3) is 0.692. The second kappa shape index (κ2) is 6.17. The van der Waals surface area contributed by atoms with Crippen LogP contribution >= 0.6 is 11.3 Å². The summed E-state index contributed by atoms with van der Waals surface area (Å²) < 4.78 is 0. The lowest BCUT2D eigenvalue weighted by Gasteiger charge is -2.33. The molecule has 0 atom stereocenters. The summed E-state index contributed by atoms with van der Waals surface area (Å²) in [6, 6.07) is 0. The SMILES string of the molecule is CN(C(=O)c1sc(N2CCNCC2)nc1N)C(C)(C)CO. The van der Waals surface area contributed by atoms with Gasteiger partial charge in [0.25, 0.3) is 5.91 Å². The average Bonchev–Trinajstić information content (AvgIpc) is 2.88. The van der Waals surface area contributed by atoms with Crippen LogP contribution < -0.4 is 16.0 Å². The first kappa shape index (κ1) is 16.0. The molecule has 0 radical (unpaired) electrons. The number of rotatable bonds is 4. The molecule has 0 unspecified atom stereocenters. The summed E-state index contributed by atoms with van der Waals surface area (Å²) in [7, 11) is 1.67. The van der Waals surface area contributed by atoms with Gasteiger partial charge in [-0.3, -0.25) is 4.79 Å². The van der Waals surface area contributed by atoms with Crippen molar-refractivity contribution >= 4 is 28.2 Å². The molecular formula is C13H23N5O2S. The van der Waals surface area contributed by atoms with Gasteiger partial charge in [-0.1, -0.05) is 11.3 Å². The first-order chi connectivity index (χ1) is 9.86. The summed E-state index contributed by atoms with van der Waals surface area (Å²) in [6.07, 6.45) is 0. The van der Waals surface area contributed by atoms with Gasteiger partial charge in [0.1, 0.15) is 10.7 Å². The number of nitrogens with one attached hydrogen (secondary N) is 1. The number of carbonyl (C=O) groups is 1. The number of nitrogens with two attached hydrogens (primary N) is 1. The summed E-state index contributed by atoms with van der Waals surface area (Å²) in [4.78, 5) is 21.0. The minimum atomic E-state index is -0.636. The van der Waals surface area contributed by atoms with E-state index in [9.17, 15) is 9.90 Å². The Morgan fingerprint density at radius 1 is 1.52 bits per heavy atom. The van der Waals surface area contributed by atoms with Crippen molar-refractivity contribution in [3.05, 3.63) is 4.88 Å². The van der Waals surface area contributed by atoms with Crippen LogP contribution in [-0.2, 0) is 0 Å². The lowest BCUT2D eigenvalue weighted by Crippen LogP contribution is -2.47. The molecule has 0 saturated carbocycles. The highest BCUT2D eigenvalue weighted by Gasteiger charge is 2.31. The second-order valence-electron chi connectivity index (χ2n) is 5.78. The van der Waals surface area contributed by atoms with E-state index in [-0.39, 0.29) is 18.3 Å². The van der Waals surface area contributed by atoms with E-state index in [0.29, 0.717) is 4.88 Å². The zero-order chi connectivity index (χ0) is 15.6. The molecule has 7 nitrogen and oxygen atoms in total. The molecule has 0 aromatic carbocycles. The van der Waals surface area contributed by atoms with Gasteiger partial charge in [-0.15, -0.1) is 0 Å². The van der Waals surface area contributed by atoms with Gasteiger partial charge < -0.3 is 26.0 Å². The molecule has 21 heavy (non-hydrogen) atoms. The van der Waals surface area contributed by atoms with Crippen LogP contribution in [0.4, 0.5) is 10.9 Å². The number of nitrogens with zero attached hydrogens (tertiary/aromatic N) is 3. The highest BCUT2D eigenvalue weighted by Crippen LogP contribution is 2.30. The van der Waals surface area contributed by atoms with Crippen molar-refractivity contribution in [3.8, 4) is 0 Å². The third kappa shape index (κ3) is 3.28. The first-order valence-corrected chi connectivity index (χ1v) is 7.79. The molecule has 0 aliphatic carbocycles. The molecule has 4 N–H and O–H groups in total. The van der Waals surface area contributed by atoms with Gasteiger partial charge in [0.2, 0.25) is 0 Å². The number of aliphatic hydroxyl groups is 1. The van der Waals surface area contributed by atoms with Gasteiger partial charge in [0.05, 0.1) is 12.1 Å². The third-order valence-electron chi connectivity index (χ3n) is 3.82. The number of hydrogen-bond donors (Lipinski definition) is 3. The third-order valence-corrected chi connectivity index (χ3v) is 4.94. The number of thiazole rings is 1. The summed E-state index contributed by atoms with van der Waals surface area (Å²) in [6.45, 7) is 7.02. The Hall–Kier alpha value is -1.38. The molecule has 1 fully saturated rings. The minimum Gasteiger partial charge on any atom is -0.394 e. The predicted molar refractivity (Wildman–Crippen MR) is 84.9 cm³/mol. The molecule has 1 saturated heterocycles. The van der Waals surface area contributed by atoms with Crippen LogP contribution in [0.25, 0.3) is 0 Å². The van der Waals surface area contributed by atoms with Gasteiger partial charge in [-0.2, -0.15) is 0 Å². The number of likely N-dealkylation sites (N-methyl/N-ethyl adjacent to an activating group) is 1. The highest BCUT2D eigenvalue weighted by molar-refractivity contribution is 7.18. The van der Waals surface area contributed by atoms with Crippen molar-refractivity contribution in [3.63, 3.8) is 0 Å². The van der Waals surface area contributed by atoms with E-state index in [1.165, 1.54) is 16.2 Å². The van der Waals surface area contributed by atoms with E-state index < -0.39 is 5.54 Å². The van der Waals surface area contributed by atoms with Crippen molar-refractivity contribution in [1.82, 2.24) is 15.2 Å². The van der Waals surface area contributed by atoms with Crippen LogP contribution in [0.15, 0.2) is 0 Å². The van der Waals surface area contributed by atoms with Crippen LogP contribution in [0.1, 0.15) is 23.5 Å². The molecule has 1 amide bonds. The molecule has 2 heterocycles. The van der Waals surface area contributed by atoms with Crippen molar-refractivity contribution in [2.24, 2.45) is 0 Å². The minimum absolute atomic E-state index is 0.112. The monoisotopic (exact) mass is 313 g/mol. The Balaban J connectivity index is 2.20. The second-order valence-corrected chi connectivity index (χ2v) is 6.76. The van der Waals surface area contributed by atoms with Gasteiger partial charge in [-0.25, -0.2) is 4.98 Å². The predicted octanol–water partition coefficient (Wildman–Crippen LogP) is -0.0222. The Labute approximate surface area is 128 Å². The first-order valence-electron chi connectivity index (χ1n) is 6.98. The standard InChI is InChI=1S/C13H23N5O2S/c1-13(2,8-19)17(3)11(20)9-10(14)16-12(21-9)18-6-4-15-5-7-18/h15,19H,4-8,14H2,1-3H3. The molecule has 1 aromatic rings. The van der Waals surface area contributed by atoms with E-state index in [1.807, 2.05) is 0 Å². The fourth-order valence-electron chi connectivity index (χ4n) is 2.00. The van der Waals surface area contributed by atoms with Gasteiger partial charge >= 0.3 is 0 Å². The summed E-state index contributed by atoms with van der Waals surface area (Å²) in [5.74, 6) is 0.0598. The van der Waals surface area contributed by atoms with Crippen LogP contribution in [0.2, 0.25) is 0 Å². The van der Waals surface area contributed by atoms with Gasteiger partial charge in [0.15, 0.2) is 5.13 Å². The topological polar surface area (TPSA) is 94.7 Å². The number of amides is 1. The highest BCUT2D eigenvalue weighted by atomic mass is 32.1. The van der Waals surface area contributed by atoms with E-state index in [2.05, 4.69) is 15.2 Å². The quantitative estimate of drug-likeness (QED) is 0.723. The van der Waals surface area contributed by atoms with Crippen molar-refractivity contribution < 1.29 is 9.90 Å². The molecule has 118 valence electrons. The Bertz CT molecular complexity index is 511. The Morgan fingerprint density at radius 2 is 2.14 bits per heavy atom.